The summed E-state index contributed by atoms with van der Waals surface area (Å²) < 4.78 is 1.70. The molecule has 1 aromatic rings. The van der Waals surface area contributed by atoms with E-state index >= 15 is 0 Å². The Kier molecular flexibility index (Phi) is 7.85. The highest BCUT2D eigenvalue weighted by Gasteiger charge is 2.00. The van der Waals surface area contributed by atoms with Gasteiger partial charge in [0.15, 0.2) is 5.82 Å². The van der Waals surface area contributed by atoms with E-state index in [-0.39, 0.29) is 24.8 Å². The van der Waals surface area contributed by atoms with Crippen molar-refractivity contribution in [3.8, 4) is 0 Å². The Morgan fingerprint density at radius 1 is 1.54 bits per heavy atom. The van der Waals surface area contributed by atoms with Gasteiger partial charge in [0.2, 0.25) is 0 Å². The summed E-state index contributed by atoms with van der Waals surface area (Å²) in [7, 11) is 1.85. The number of halogens is 2. The van der Waals surface area contributed by atoms with Gasteiger partial charge in [-0.1, -0.05) is 6.92 Å². The second-order valence-corrected chi connectivity index (χ2v) is 2.53. The third-order valence-corrected chi connectivity index (χ3v) is 1.40. The Morgan fingerprint density at radius 2 is 2.15 bits per heavy atom. The number of nitrogens with two attached hydrogens (primary N) is 1. The standard InChI is InChI=1S/C7H14N4.2ClH/c1-3-4-9-7-6(8)5-11(2)10-7;;/h5H,3-4,8H2,1-2H3,(H,9,10);2*1H. The number of anilines is 2. The highest BCUT2D eigenvalue weighted by Crippen LogP contribution is 2.13. The first-order valence-electron chi connectivity index (χ1n) is 3.77. The van der Waals surface area contributed by atoms with Crippen LogP contribution in [0.25, 0.3) is 0 Å². The van der Waals surface area contributed by atoms with Crippen LogP contribution in [0.15, 0.2) is 6.20 Å². The van der Waals surface area contributed by atoms with E-state index in [1.54, 1.807) is 10.9 Å². The van der Waals surface area contributed by atoms with E-state index in [2.05, 4.69) is 17.3 Å². The summed E-state index contributed by atoms with van der Waals surface area (Å²) in [6.07, 6.45) is 2.87. The molecule has 3 N–H and O–H groups in total. The van der Waals surface area contributed by atoms with Crippen molar-refractivity contribution < 1.29 is 0 Å². The molecule has 78 valence electrons. The molecule has 0 aliphatic rings. The van der Waals surface area contributed by atoms with Crippen molar-refractivity contribution in [2.45, 2.75) is 13.3 Å². The van der Waals surface area contributed by atoms with E-state index in [0.717, 1.165) is 18.8 Å². The van der Waals surface area contributed by atoms with Crippen LogP contribution in [-0.4, -0.2) is 16.3 Å². The van der Waals surface area contributed by atoms with Crippen LogP contribution in [-0.2, 0) is 7.05 Å². The lowest BCUT2D eigenvalue weighted by Crippen LogP contribution is -2.02. The molecule has 1 heterocycles. The highest BCUT2D eigenvalue weighted by atomic mass is 35.5. The van der Waals surface area contributed by atoms with Crippen molar-refractivity contribution in [3.63, 3.8) is 0 Å². The molecule has 0 amide bonds. The highest BCUT2D eigenvalue weighted by molar-refractivity contribution is 5.85. The fourth-order valence-corrected chi connectivity index (χ4v) is 0.888. The van der Waals surface area contributed by atoms with E-state index in [1.807, 2.05) is 7.05 Å². The molecule has 0 unspecified atom stereocenters. The number of hydrogen-bond acceptors (Lipinski definition) is 3. The van der Waals surface area contributed by atoms with Crippen LogP contribution in [0.4, 0.5) is 11.5 Å². The summed E-state index contributed by atoms with van der Waals surface area (Å²) >= 11 is 0. The molecule has 0 aliphatic carbocycles. The van der Waals surface area contributed by atoms with Crippen molar-refractivity contribution >= 4 is 36.3 Å². The molecular formula is C7H16Cl2N4. The molecule has 0 aliphatic heterocycles. The molecule has 0 radical (unpaired) electrons. The third-order valence-electron chi connectivity index (χ3n) is 1.40. The fraction of sp³-hybridized carbons (Fsp3) is 0.571. The van der Waals surface area contributed by atoms with Crippen molar-refractivity contribution in [2.24, 2.45) is 7.05 Å². The number of rotatable bonds is 3. The first kappa shape index (κ1) is 14.9. The van der Waals surface area contributed by atoms with Gasteiger partial charge >= 0.3 is 0 Å². The molecular weight excluding hydrogens is 211 g/mol. The molecule has 1 rings (SSSR count). The predicted molar refractivity (Wildman–Crippen MR) is 60.9 cm³/mol. The zero-order valence-electron chi connectivity index (χ0n) is 7.78. The van der Waals surface area contributed by atoms with Gasteiger partial charge in [0.05, 0.1) is 5.69 Å². The molecule has 0 spiro atoms. The average molecular weight is 227 g/mol. The second kappa shape index (κ2) is 6.86. The lowest BCUT2D eigenvalue weighted by Gasteiger charge is -1.99. The maximum Gasteiger partial charge on any atom is 0.171 e. The number of hydrogen-bond donors (Lipinski definition) is 2. The zero-order valence-corrected chi connectivity index (χ0v) is 9.41. The number of nitrogen functional groups attached to an aromatic ring is 1. The monoisotopic (exact) mass is 226 g/mol. The van der Waals surface area contributed by atoms with Crippen molar-refractivity contribution in [1.29, 1.82) is 0 Å². The normalized spacial score (nSPS) is 8.46. The average Bonchev–Trinajstić information content (AvgIpc) is 2.26. The van der Waals surface area contributed by atoms with Crippen LogP contribution < -0.4 is 11.1 Å². The van der Waals surface area contributed by atoms with E-state index in [1.165, 1.54) is 0 Å². The molecule has 0 atom stereocenters. The van der Waals surface area contributed by atoms with Crippen LogP contribution in [0.2, 0.25) is 0 Å². The minimum Gasteiger partial charge on any atom is -0.394 e. The first-order chi connectivity index (χ1) is 5.24. The summed E-state index contributed by atoms with van der Waals surface area (Å²) in [5.41, 5.74) is 6.35. The Balaban J connectivity index is 0. The van der Waals surface area contributed by atoms with Gasteiger partial charge in [0.1, 0.15) is 0 Å². The Labute approximate surface area is 90.7 Å². The molecule has 0 bridgehead atoms. The van der Waals surface area contributed by atoms with Crippen molar-refractivity contribution in [3.05, 3.63) is 6.20 Å². The molecule has 13 heavy (non-hydrogen) atoms. The molecule has 6 heteroatoms. The summed E-state index contributed by atoms with van der Waals surface area (Å²) in [5.74, 6) is 0.786. The fourth-order valence-electron chi connectivity index (χ4n) is 0.888. The van der Waals surface area contributed by atoms with Crippen LogP contribution >= 0.6 is 24.8 Å². The molecule has 0 aromatic carbocycles. The number of aryl methyl sites for hydroxylation is 1. The van der Waals surface area contributed by atoms with Gasteiger partial charge in [0.25, 0.3) is 0 Å². The van der Waals surface area contributed by atoms with E-state index in [4.69, 9.17) is 5.73 Å². The molecule has 1 aromatic heterocycles. The number of nitrogens with one attached hydrogen (secondary N) is 1. The van der Waals surface area contributed by atoms with Gasteiger partial charge in [-0.15, -0.1) is 24.8 Å². The van der Waals surface area contributed by atoms with E-state index < -0.39 is 0 Å². The predicted octanol–water partition coefficient (Wildman–Crippen LogP) is 1.67. The second-order valence-electron chi connectivity index (χ2n) is 2.53. The summed E-state index contributed by atoms with van der Waals surface area (Å²) in [6, 6.07) is 0. The lowest BCUT2D eigenvalue weighted by molar-refractivity contribution is 0.767. The Bertz CT molecular complexity index is 236. The van der Waals surface area contributed by atoms with E-state index in [0.29, 0.717) is 5.69 Å². The minimum absolute atomic E-state index is 0. The third kappa shape index (κ3) is 4.24. The van der Waals surface area contributed by atoms with Crippen molar-refractivity contribution in [1.82, 2.24) is 9.78 Å². The quantitative estimate of drug-likeness (QED) is 0.825. The van der Waals surface area contributed by atoms with Gasteiger partial charge in [-0.05, 0) is 6.42 Å². The van der Waals surface area contributed by atoms with Crippen molar-refractivity contribution in [2.75, 3.05) is 17.6 Å². The summed E-state index contributed by atoms with van der Waals surface area (Å²) in [6.45, 7) is 3.02. The maximum atomic E-state index is 5.64. The van der Waals surface area contributed by atoms with Gasteiger partial charge in [0, 0.05) is 19.8 Å². The Hall–Kier alpha value is -0.610. The van der Waals surface area contributed by atoms with Crippen LogP contribution in [0.5, 0.6) is 0 Å². The topological polar surface area (TPSA) is 55.9 Å². The molecule has 0 fully saturated rings. The first-order valence-corrected chi connectivity index (χ1v) is 3.77. The van der Waals surface area contributed by atoms with Crippen LogP contribution in [0, 0.1) is 0 Å². The van der Waals surface area contributed by atoms with Crippen LogP contribution in [0.3, 0.4) is 0 Å². The summed E-state index contributed by atoms with van der Waals surface area (Å²) in [4.78, 5) is 0. The molecule has 0 saturated heterocycles. The van der Waals surface area contributed by atoms with Gasteiger partial charge in [-0.25, -0.2) is 0 Å². The molecule has 4 nitrogen and oxygen atoms in total. The smallest absolute Gasteiger partial charge is 0.171 e. The van der Waals surface area contributed by atoms with E-state index in [9.17, 15) is 0 Å². The van der Waals surface area contributed by atoms with Crippen LogP contribution in [0.1, 0.15) is 13.3 Å². The Morgan fingerprint density at radius 3 is 2.54 bits per heavy atom. The minimum atomic E-state index is 0. The largest absolute Gasteiger partial charge is 0.394 e. The van der Waals surface area contributed by atoms with Gasteiger partial charge < -0.3 is 11.1 Å². The lowest BCUT2D eigenvalue weighted by atomic mass is 10.4. The molecule has 0 saturated carbocycles. The number of aromatic nitrogens is 2. The van der Waals surface area contributed by atoms with Gasteiger partial charge in [-0.3, -0.25) is 4.68 Å². The summed E-state index contributed by atoms with van der Waals surface area (Å²) in [5, 5.41) is 7.25. The zero-order chi connectivity index (χ0) is 8.27. The SMILES string of the molecule is CCCNc1nn(C)cc1N.Cl.Cl. The van der Waals surface area contributed by atoms with Gasteiger partial charge in [-0.2, -0.15) is 5.10 Å². The number of nitrogens with zero attached hydrogens (tertiary/aromatic N) is 2. The maximum absolute atomic E-state index is 5.64.